The highest BCUT2D eigenvalue weighted by Crippen LogP contribution is 2.35. The minimum absolute atomic E-state index is 0.254. The maximum Gasteiger partial charge on any atom is 0.228 e. The third-order valence-corrected chi connectivity index (χ3v) is 6.25. The highest BCUT2D eigenvalue weighted by molar-refractivity contribution is 7.13. The Kier molecular flexibility index (Phi) is 4.60. The Bertz CT molecular complexity index is 698. The molecule has 2 aromatic heterocycles. The van der Waals surface area contributed by atoms with E-state index in [9.17, 15) is 4.79 Å². The van der Waals surface area contributed by atoms with Crippen LogP contribution in [0.2, 0.25) is 0 Å². The number of piperidine rings is 1. The average molecular weight is 341 g/mol. The average Bonchev–Trinajstić information content (AvgIpc) is 3.10. The molecule has 3 heterocycles. The molecule has 1 saturated carbocycles. The van der Waals surface area contributed by atoms with E-state index in [0.29, 0.717) is 12.5 Å². The predicted molar refractivity (Wildman–Crippen MR) is 95.7 cm³/mol. The standard InChI is InChI=1S/C19H23N3OS/c23-18(22-11-5-7-14-6-1-2-9-17(14)22)12-15-13-24-19(21-15)16-8-3-4-10-20-16/h3-4,8,10,13-14,17H,1-2,5-7,9,11-12H2/t14-,17-/m1/s1. The van der Waals surface area contributed by atoms with Gasteiger partial charge in [0.15, 0.2) is 0 Å². The van der Waals surface area contributed by atoms with Crippen LogP contribution >= 0.6 is 11.3 Å². The van der Waals surface area contributed by atoms with Gasteiger partial charge in [0.1, 0.15) is 5.01 Å². The van der Waals surface area contributed by atoms with Gasteiger partial charge < -0.3 is 4.90 Å². The van der Waals surface area contributed by atoms with E-state index in [0.717, 1.165) is 35.3 Å². The molecular formula is C19H23N3OS. The second-order valence-corrected chi connectivity index (χ2v) is 7.74. The Morgan fingerprint density at radius 2 is 2.08 bits per heavy atom. The van der Waals surface area contributed by atoms with E-state index in [1.807, 2.05) is 23.6 Å². The summed E-state index contributed by atoms with van der Waals surface area (Å²) in [6.45, 7) is 0.928. The van der Waals surface area contributed by atoms with Crippen LogP contribution in [0.4, 0.5) is 0 Å². The van der Waals surface area contributed by atoms with Gasteiger partial charge in [-0.25, -0.2) is 4.98 Å². The fourth-order valence-electron chi connectivity index (χ4n) is 4.19. The number of hydrogen-bond donors (Lipinski definition) is 0. The summed E-state index contributed by atoms with van der Waals surface area (Å²) in [6, 6.07) is 6.31. The first-order chi connectivity index (χ1) is 11.8. The van der Waals surface area contributed by atoms with Crippen LogP contribution in [0.15, 0.2) is 29.8 Å². The monoisotopic (exact) mass is 341 g/mol. The van der Waals surface area contributed by atoms with Gasteiger partial charge in [-0.1, -0.05) is 18.9 Å². The molecular weight excluding hydrogens is 318 g/mol. The lowest BCUT2D eigenvalue weighted by Gasteiger charge is -2.44. The number of thiazole rings is 1. The minimum Gasteiger partial charge on any atom is -0.339 e. The predicted octanol–water partition coefficient (Wildman–Crippen LogP) is 3.93. The molecule has 1 aliphatic carbocycles. The first-order valence-electron chi connectivity index (χ1n) is 8.96. The van der Waals surface area contributed by atoms with Gasteiger partial charge in [0, 0.05) is 24.2 Å². The Hall–Kier alpha value is -1.75. The van der Waals surface area contributed by atoms with Crippen molar-refractivity contribution in [3.05, 3.63) is 35.5 Å². The summed E-state index contributed by atoms with van der Waals surface area (Å²) >= 11 is 1.57. The molecule has 0 N–H and O–H groups in total. The summed E-state index contributed by atoms with van der Waals surface area (Å²) < 4.78 is 0. The van der Waals surface area contributed by atoms with Crippen LogP contribution in [0.3, 0.4) is 0 Å². The second-order valence-electron chi connectivity index (χ2n) is 6.88. The fourth-order valence-corrected chi connectivity index (χ4v) is 4.98. The topological polar surface area (TPSA) is 46.1 Å². The molecule has 4 nitrogen and oxygen atoms in total. The van der Waals surface area contributed by atoms with Gasteiger partial charge in [-0.05, 0) is 43.7 Å². The number of aromatic nitrogens is 2. The first kappa shape index (κ1) is 15.8. The number of nitrogens with zero attached hydrogens (tertiary/aromatic N) is 3. The number of pyridine rings is 1. The second kappa shape index (κ2) is 7.01. The van der Waals surface area contributed by atoms with Crippen molar-refractivity contribution in [1.82, 2.24) is 14.9 Å². The summed E-state index contributed by atoms with van der Waals surface area (Å²) in [4.78, 5) is 24.0. The minimum atomic E-state index is 0.254. The van der Waals surface area contributed by atoms with E-state index in [1.54, 1.807) is 17.5 Å². The summed E-state index contributed by atoms with van der Waals surface area (Å²) in [5.41, 5.74) is 1.76. The first-order valence-corrected chi connectivity index (χ1v) is 9.84. The van der Waals surface area contributed by atoms with Crippen molar-refractivity contribution < 1.29 is 4.79 Å². The normalized spacial score (nSPS) is 23.8. The Balaban J connectivity index is 1.45. The molecule has 2 aromatic rings. The Labute approximate surface area is 146 Å². The number of fused-ring (bicyclic) bond motifs is 1. The van der Waals surface area contributed by atoms with Gasteiger partial charge in [-0.15, -0.1) is 11.3 Å². The molecule has 5 heteroatoms. The number of carbonyl (C=O) groups excluding carboxylic acids is 1. The van der Waals surface area contributed by atoms with Crippen molar-refractivity contribution in [2.75, 3.05) is 6.54 Å². The van der Waals surface area contributed by atoms with Crippen LogP contribution in [0.5, 0.6) is 0 Å². The van der Waals surface area contributed by atoms with Crippen LogP contribution in [0.1, 0.15) is 44.2 Å². The Morgan fingerprint density at radius 1 is 1.21 bits per heavy atom. The molecule has 4 rings (SSSR count). The maximum absolute atomic E-state index is 12.8. The van der Waals surface area contributed by atoms with E-state index >= 15 is 0 Å². The smallest absolute Gasteiger partial charge is 0.228 e. The molecule has 0 radical (unpaired) electrons. The van der Waals surface area contributed by atoms with Crippen molar-refractivity contribution in [1.29, 1.82) is 0 Å². The number of hydrogen-bond acceptors (Lipinski definition) is 4. The molecule has 0 unspecified atom stereocenters. The van der Waals surface area contributed by atoms with Crippen molar-refractivity contribution in [3.63, 3.8) is 0 Å². The third-order valence-electron chi connectivity index (χ3n) is 5.33. The summed E-state index contributed by atoms with van der Waals surface area (Å²) in [7, 11) is 0. The molecule has 2 aliphatic rings. The van der Waals surface area contributed by atoms with Crippen LogP contribution < -0.4 is 0 Å². The largest absolute Gasteiger partial charge is 0.339 e. The van der Waals surface area contributed by atoms with Crippen molar-refractivity contribution >= 4 is 17.2 Å². The van der Waals surface area contributed by atoms with Crippen molar-refractivity contribution in [2.45, 2.75) is 51.0 Å². The molecule has 24 heavy (non-hydrogen) atoms. The zero-order chi connectivity index (χ0) is 16.4. The molecule has 1 amide bonds. The molecule has 2 fully saturated rings. The number of amides is 1. The van der Waals surface area contributed by atoms with E-state index in [1.165, 1.54) is 32.1 Å². The maximum atomic E-state index is 12.8. The van der Waals surface area contributed by atoms with Crippen LogP contribution in [-0.4, -0.2) is 33.4 Å². The zero-order valence-corrected chi connectivity index (χ0v) is 14.7. The van der Waals surface area contributed by atoms with Gasteiger partial charge in [0.05, 0.1) is 17.8 Å². The van der Waals surface area contributed by atoms with Crippen molar-refractivity contribution in [3.8, 4) is 10.7 Å². The van der Waals surface area contributed by atoms with Crippen molar-refractivity contribution in [2.24, 2.45) is 5.92 Å². The molecule has 1 saturated heterocycles. The SMILES string of the molecule is O=C(Cc1csc(-c2ccccn2)n1)N1CCC[C@H]2CCCC[C@H]21. The lowest BCUT2D eigenvalue weighted by molar-refractivity contribution is -0.136. The van der Waals surface area contributed by atoms with Crippen LogP contribution in [-0.2, 0) is 11.2 Å². The highest BCUT2D eigenvalue weighted by atomic mass is 32.1. The van der Waals surface area contributed by atoms with E-state index in [2.05, 4.69) is 14.9 Å². The van der Waals surface area contributed by atoms with Crippen LogP contribution in [0, 0.1) is 5.92 Å². The van der Waals surface area contributed by atoms with E-state index in [-0.39, 0.29) is 5.91 Å². The number of likely N-dealkylation sites (tertiary alicyclic amines) is 1. The lowest BCUT2D eigenvalue weighted by atomic mass is 9.78. The molecule has 126 valence electrons. The number of rotatable bonds is 3. The van der Waals surface area contributed by atoms with Gasteiger partial charge in [0.2, 0.25) is 5.91 Å². The van der Waals surface area contributed by atoms with Gasteiger partial charge in [-0.2, -0.15) is 0 Å². The molecule has 0 bridgehead atoms. The zero-order valence-electron chi connectivity index (χ0n) is 13.9. The summed E-state index contributed by atoms with van der Waals surface area (Å²) in [5.74, 6) is 0.987. The summed E-state index contributed by atoms with van der Waals surface area (Å²) in [5, 5.41) is 2.90. The third kappa shape index (κ3) is 3.22. The fraction of sp³-hybridized carbons (Fsp3) is 0.526. The molecule has 2 atom stereocenters. The molecule has 0 spiro atoms. The Morgan fingerprint density at radius 3 is 2.96 bits per heavy atom. The summed E-state index contributed by atoms with van der Waals surface area (Å²) in [6.07, 6.45) is 9.75. The van der Waals surface area contributed by atoms with Gasteiger partial charge in [0.25, 0.3) is 0 Å². The number of carbonyl (C=O) groups is 1. The highest BCUT2D eigenvalue weighted by Gasteiger charge is 2.35. The van der Waals surface area contributed by atoms with E-state index in [4.69, 9.17) is 0 Å². The quantitative estimate of drug-likeness (QED) is 0.850. The van der Waals surface area contributed by atoms with Gasteiger partial charge in [-0.3, -0.25) is 9.78 Å². The lowest BCUT2D eigenvalue weighted by Crippen LogP contribution is -2.50. The molecule has 1 aliphatic heterocycles. The van der Waals surface area contributed by atoms with Gasteiger partial charge >= 0.3 is 0 Å². The van der Waals surface area contributed by atoms with E-state index < -0.39 is 0 Å². The van der Waals surface area contributed by atoms with Crippen LogP contribution in [0.25, 0.3) is 10.7 Å². The molecule has 0 aromatic carbocycles.